The highest BCUT2D eigenvalue weighted by Crippen LogP contribution is 2.26. The van der Waals surface area contributed by atoms with Crippen molar-refractivity contribution in [3.63, 3.8) is 0 Å². The van der Waals surface area contributed by atoms with Gasteiger partial charge in [0.1, 0.15) is 0 Å². The largest absolute Gasteiger partial charge is 0.319 e. The summed E-state index contributed by atoms with van der Waals surface area (Å²) in [6.45, 7) is 4.08. The van der Waals surface area contributed by atoms with Crippen LogP contribution in [0.5, 0.6) is 0 Å². The number of amides is 1. The van der Waals surface area contributed by atoms with E-state index in [0.717, 1.165) is 22.5 Å². The first kappa shape index (κ1) is 19.0. The van der Waals surface area contributed by atoms with Crippen molar-refractivity contribution in [3.8, 4) is 16.9 Å². The number of para-hydroxylation sites is 1. The molecule has 4 aromatic rings. The van der Waals surface area contributed by atoms with Crippen LogP contribution in [0.25, 0.3) is 16.9 Å². The number of anilines is 1. The number of aryl methyl sites for hydroxylation is 2. The summed E-state index contributed by atoms with van der Waals surface area (Å²) in [7, 11) is 0. The molecule has 1 heterocycles. The zero-order valence-corrected chi connectivity index (χ0v) is 16.9. The molecule has 0 bridgehead atoms. The molecule has 0 saturated heterocycles. The number of nitrogens with zero attached hydrogens (tertiary/aromatic N) is 2. The maximum atomic E-state index is 12.9. The SMILES string of the molecule is Cc1ccc(-c2cc(C(=O)Nc3ccccc3Cl)nn2-c2cccc(C)c2)cc1. The molecule has 1 aromatic heterocycles. The van der Waals surface area contributed by atoms with Gasteiger partial charge in [-0.3, -0.25) is 4.79 Å². The fraction of sp³-hybridized carbons (Fsp3) is 0.0833. The fourth-order valence-electron chi connectivity index (χ4n) is 3.13. The highest BCUT2D eigenvalue weighted by Gasteiger charge is 2.17. The van der Waals surface area contributed by atoms with Crippen LogP contribution in [-0.4, -0.2) is 15.7 Å². The molecule has 0 radical (unpaired) electrons. The van der Waals surface area contributed by atoms with Gasteiger partial charge in [0.05, 0.1) is 22.1 Å². The second-order valence-corrected chi connectivity index (χ2v) is 7.37. The number of benzene rings is 3. The van der Waals surface area contributed by atoms with Crippen LogP contribution in [0.3, 0.4) is 0 Å². The summed E-state index contributed by atoms with van der Waals surface area (Å²) in [5.74, 6) is -0.308. The Morgan fingerprint density at radius 3 is 2.38 bits per heavy atom. The summed E-state index contributed by atoms with van der Waals surface area (Å²) in [6.07, 6.45) is 0. The molecule has 0 unspecified atom stereocenters. The smallest absolute Gasteiger partial charge is 0.276 e. The van der Waals surface area contributed by atoms with E-state index in [1.165, 1.54) is 5.56 Å². The third-order valence-corrected chi connectivity index (χ3v) is 4.99. The van der Waals surface area contributed by atoms with Gasteiger partial charge in [-0.15, -0.1) is 0 Å². The number of hydrogen-bond acceptors (Lipinski definition) is 2. The van der Waals surface area contributed by atoms with E-state index in [-0.39, 0.29) is 5.91 Å². The molecular formula is C24H20ClN3O. The fourth-order valence-corrected chi connectivity index (χ4v) is 3.31. The Morgan fingerprint density at radius 1 is 0.897 bits per heavy atom. The predicted octanol–water partition coefficient (Wildman–Crippen LogP) is 6.06. The molecule has 1 N–H and O–H groups in total. The second-order valence-electron chi connectivity index (χ2n) is 6.97. The van der Waals surface area contributed by atoms with Gasteiger partial charge in [-0.05, 0) is 49.7 Å². The third-order valence-electron chi connectivity index (χ3n) is 4.66. The molecule has 0 aliphatic heterocycles. The van der Waals surface area contributed by atoms with Crippen LogP contribution in [-0.2, 0) is 0 Å². The Labute approximate surface area is 174 Å². The number of aromatic nitrogens is 2. The third kappa shape index (κ3) is 4.08. The number of halogens is 1. The minimum Gasteiger partial charge on any atom is -0.319 e. The zero-order chi connectivity index (χ0) is 20.4. The maximum absolute atomic E-state index is 12.9. The van der Waals surface area contributed by atoms with E-state index in [9.17, 15) is 4.79 Å². The molecule has 0 saturated carbocycles. The van der Waals surface area contributed by atoms with E-state index in [4.69, 9.17) is 11.6 Å². The van der Waals surface area contributed by atoms with Gasteiger partial charge in [-0.2, -0.15) is 5.10 Å². The van der Waals surface area contributed by atoms with Gasteiger partial charge < -0.3 is 5.32 Å². The number of hydrogen-bond donors (Lipinski definition) is 1. The van der Waals surface area contributed by atoms with Crippen LogP contribution in [0.4, 0.5) is 5.69 Å². The molecule has 0 fully saturated rings. The Morgan fingerprint density at radius 2 is 1.66 bits per heavy atom. The van der Waals surface area contributed by atoms with Crippen molar-refractivity contribution in [3.05, 3.63) is 101 Å². The molecule has 29 heavy (non-hydrogen) atoms. The van der Waals surface area contributed by atoms with Crippen molar-refractivity contribution in [2.45, 2.75) is 13.8 Å². The standard InChI is InChI=1S/C24H20ClN3O/c1-16-10-12-18(13-11-16)23-15-22(24(29)26-21-9-4-3-8-20(21)25)27-28(23)19-7-5-6-17(2)14-19/h3-15H,1-2H3,(H,26,29). The van der Waals surface area contributed by atoms with Crippen molar-refractivity contribution < 1.29 is 4.79 Å². The monoisotopic (exact) mass is 401 g/mol. The number of rotatable bonds is 4. The molecule has 3 aromatic carbocycles. The van der Waals surface area contributed by atoms with E-state index in [0.29, 0.717) is 16.4 Å². The van der Waals surface area contributed by atoms with Gasteiger partial charge in [0, 0.05) is 5.56 Å². The van der Waals surface area contributed by atoms with Crippen LogP contribution in [0.15, 0.2) is 78.9 Å². The molecule has 4 rings (SSSR count). The van der Waals surface area contributed by atoms with Crippen molar-refractivity contribution in [1.29, 1.82) is 0 Å². The lowest BCUT2D eigenvalue weighted by molar-refractivity contribution is 0.102. The van der Waals surface area contributed by atoms with E-state index >= 15 is 0 Å². The quantitative estimate of drug-likeness (QED) is 0.451. The van der Waals surface area contributed by atoms with Crippen LogP contribution in [0, 0.1) is 13.8 Å². The van der Waals surface area contributed by atoms with E-state index in [2.05, 4.69) is 10.4 Å². The van der Waals surface area contributed by atoms with Crippen molar-refractivity contribution >= 4 is 23.2 Å². The lowest BCUT2D eigenvalue weighted by atomic mass is 10.1. The van der Waals surface area contributed by atoms with E-state index in [1.54, 1.807) is 22.9 Å². The van der Waals surface area contributed by atoms with Gasteiger partial charge >= 0.3 is 0 Å². The molecule has 0 aliphatic rings. The van der Waals surface area contributed by atoms with Gasteiger partial charge in [0.2, 0.25) is 0 Å². The van der Waals surface area contributed by atoms with Crippen molar-refractivity contribution in [1.82, 2.24) is 9.78 Å². The molecule has 4 nitrogen and oxygen atoms in total. The molecule has 0 aliphatic carbocycles. The topological polar surface area (TPSA) is 46.9 Å². The number of carbonyl (C=O) groups excluding carboxylic acids is 1. The number of carbonyl (C=O) groups is 1. The molecule has 1 amide bonds. The summed E-state index contributed by atoms with van der Waals surface area (Å²) >= 11 is 6.18. The van der Waals surface area contributed by atoms with Gasteiger partial charge in [0.25, 0.3) is 5.91 Å². The minimum atomic E-state index is -0.308. The van der Waals surface area contributed by atoms with Crippen LogP contribution in [0.2, 0.25) is 5.02 Å². The summed E-state index contributed by atoms with van der Waals surface area (Å²) in [4.78, 5) is 12.9. The Bertz CT molecular complexity index is 1180. The van der Waals surface area contributed by atoms with E-state index < -0.39 is 0 Å². The number of nitrogens with one attached hydrogen (secondary N) is 1. The molecule has 144 valence electrons. The summed E-state index contributed by atoms with van der Waals surface area (Å²) in [5, 5.41) is 7.94. The first-order valence-corrected chi connectivity index (χ1v) is 9.69. The summed E-state index contributed by atoms with van der Waals surface area (Å²) < 4.78 is 1.80. The first-order chi connectivity index (χ1) is 14.0. The highest BCUT2D eigenvalue weighted by molar-refractivity contribution is 6.33. The Kier molecular flexibility index (Phi) is 5.19. The molecule has 5 heteroatoms. The van der Waals surface area contributed by atoms with Crippen LogP contribution in [0.1, 0.15) is 21.6 Å². The zero-order valence-electron chi connectivity index (χ0n) is 16.2. The Balaban J connectivity index is 1.78. The van der Waals surface area contributed by atoms with Crippen LogP contribution < -0.4 is 5.32 Å². The lowest BCUT2D eigenvalue weighted by Gasteiger charge is -2.08. The summed E-state index contributed by atoms with van der Waals surface area (Å²) in [5.41, 5.74) is 5.91. The van der Waals surface area contributed by atoms with Crippen molar-refractivity contribution in [2.75, 3.05) is 5.32 Å². The van der Waals surface area contributed by atoms with Gasteiger partial charge in [-0.1, -0.05) is 65.7 Å². The maximum Gasteiger partial charge on any atom is 0.276 e. The van der Waals surface area contributed by atoms with Gasteiger partial charge in [-0.25, -0.2) is 4.68 Å². The first-order valence-electron chi connectivity index (χ1n) is 9.31. The van der Waals surface area contributed by atoms with Crippen molar-refractivity contribution in [2.24, 2.45) is 0 Å². The normalized spacial score (nSPS) is 10.7. The average Bonchev–Trinajstić information content (AvgIpc) is 3.16. The summed E-state index contributed by atoms with van der Waals surface area (Å²) in [6, 6.07) is 25.1. The highest BCUT2D eigenvalue weighted by atomic mass is 35.5. The molecule has 0 atom stereocenters. The second kappa shape index (κ2) is 7.94. The molecule has 0 spiro atoms. The average molecular weight is 402 g/mol. The lowest BCUT2D eigenvalue weighted by Crippen LogP contribution is -2.13. The van der Waals surface area contributed by atoms with E-state index in [1.807, 2.05) is 74.5 Å². The van der Waals surface area contributed by atoms with Crippen LogP contribution >= 0.6 is 11.6 Å². The van der Waals surface area contributed by atoms with Gasteiger partial charge in [0.15, 0.2) is 5.69 Å². The minimum absolute atomic E-state index is 0.308. The molecular weight excluding hydrogens is 382 g/mol. The predicted molar refractivity (Wildman–Crippen MR) is 118 cm³/mol. The Hall–Kier alpha value is -3.37.